The van der Waals surface area contributed by atoms with E-state index in [0.29, 0.717) is 0 Å². The Labute approximate surface area is 73.3 Å². The Balaban J connectivity index is 0.000000187. The van der Waals surface area contributed by atoms with Gasteiger partial charge in [-0.3, -0.25) is 0 Å². The standard InChI is InChI=1S/C6H5.Hg.2S/c1-2-4-6-5-3-1;;;/h1-5H;;;. The molecule has 0 saturated heterocycles. The first-order chi connectivity index (χ1) is 4.41. The van der Waals surface area contributed by atoms with E-state index in [1.54, 1.807) is 0 Å². The van der Waals surface area contributed by atoms with E-state index in [1.807, 2.05) is 30.3 Å². The molecule has 9 heavy (non-hydrogen) atoms. The van der Waals surface area contributed by atoms with Crippen LogP contribution >= 0.6 is 17.2 Å². The van der Waals surface area contributed by atoms with E-state index in [2.05, 4.69) is 23.2 Å². The first-order valence-corrected chi connectivity index (χ1v) is 17.1. The summed E-state index contributed by atoms with van der Waals surface area (Å²) in [6.07, 6.45) is 0. The number of rotatable bonds is 0. The molecule has 0 aliphatic rings. The molecule has 0 aliphatic carbocycles. The molecule has 0 saturated carbocycles. The first kappa shape index (κ1) is 9.60. The van der Waals surface area contributed by atoms with Crippen molar-refractivity contribution in [2.75, 3.05) is 0 Å². The molecule has 0 aliphatic heterocycles. The molecular formula is C6H5HgS2. The molecule has 0 unspecified atom stereocenters. The summed E-state index contributed by atoms with van der Waals surface area (Å²) < 4.78 is 0. The third-order valence-electron chi connectivity index (χ3n) is 0.607. The van der Waals surface area contributed by atoms with E-state index in [-0.39, 0.29) is 0 Å². The van der Waals surface area contributed by atoms with E-state index in [4.69, 9.17) is 0 Å². The maximum atomic E-state index is 4.43. The molecule has 1 aromatic carbocycles. The van der Waals surface area contributed by atoms with Gasteiger partial charge in [0.2, 0.25) is 0 Å². The second-order valence-corrected chi connectivity index (χ2v) is 10.4. The van der Waals surface area contributed by atoms with Gasteiger partial charge in [0.15, 0.2) is 0 Å². The van der Waals surface area contributed by atoms with Crippen molar-refractivity contribution in [2.45, 2.75) is 0 Å². The molecule has 0 bridgehead atoms. The molecule has 0 atom stereocenters. The predicted octanol–water partition coefficient (Wildman–Crippen LogP) is 2.78. The van der Waals surface area contributed by atoms with E-state index in [0.717, 1.165) is 0 Å². The minimum atomic E-state index is -0.917. The number of benzene rings is 1. The zero-order valence-electron chi connectivity index (χ0n) is 4.91. The monoisotopic (exact) mass is 343 g/mol. The van der Waals surface area contributed by atoms with Crippen LogP contribution in [0.3, 0.4) is 0 Å². The summed E-state index contributed by atoms with van der Waals surface area (Å²) in [7, 11) is 8.86. The van der Waals surface area contributed by atoms with Crippen LogP contribution in [0.25, 0.3) is 0 Å². The average Bonchev–Trinajstić information content (AvgIpc) is 1.93. The van der Waals surface area contributed by atoms with Crippen molar-refractivity contribution in [2.24, 2.45) is 0 Å². The maximum Gasteiger partial charge on any atom is -0.0184 e. The predicted molar refractivity (Wildman–Crippen MR) is 40.5 cm³/mol. The molecule has 43 valence electrons. The van der Waals surface area contributed by atoms with Gasteiger partial charge in [-0.25, -0.2) is 0 Å². The molecule has 0 fully saturated rings. The molecule has 0 nitrogen and oxygen atoms in total. The van der Waals surface area contributed by atoms with Crippen LogP contribution in [-0.4, -0.2) is 0 Å². The fourth-order valence-electron chi connectivity index (χ4n) is 0.342. The first-order valence-electron chi connectivity index (χ1n) is 2.49. The van der Waals surface area contributed by atoms with Gasteiger partial charge in [-0.05, 0) is 6.07 Å². The fourth-order valence-corrected chi connectivity index (χ4v) is 0.342. The minimum Gasteiger partial charge on any atom is -0.0622 e. The fraction of sp³-hybridized carbons (Fsp3) is 0. The molecule has 0 N–H and O–H groups in total. The Bertz CT molecular complexity index is 141. The van der Waals surface area contributed by atoms with Crippen LogP contribution in [0, 0.1) is 6.07 Å². The Kier molecular flexibility index (Phi) is 9.16. The van der Waals surface area contributed by atoms with E-state index >= 15 is 0 Å². The van der Waals surface area contributed by atoms with Crippen LogP contribution in [0.4, 0.5) is 0 Å². The summed E-state index contributed by atoms with van der Waals surface area (Å²) >= 11 is -0.917. The zero-order valence-corrected chi connectivity index (χ0v) is 12.0. The molecule has 0 spiro atoms. The van der Waals surface area contributed by atoms with Crippen LogP contribution < -0.4 is 0 Å². The van der Waals surface area contributed by atoms with Gasteiger partial charge in [0.05, 0.1) is 0 Å². The average molecular weight is 342 g/mol. The third-order valence-corrected chi connectivity index (χ3v) is 0.607. The molecule has 0 aromatic heterocycles. The van der Waals surface area contributed by atoms with Crippen molar-refractivity contribution in [3.8, 4) is 0 Å². The summed E-state index contributed by atoms with van der Waals surface area (Å²) in [6, 6.07) is 12.5. The molecule has 0 amide bonds. The molecule has 1 aromatic rings. The Morgan fingerprint density at radius 1 is 1.00 bits per heavy atom. The van der Waals surface area contributed by atoms with Crippen LogP contribution in [0.5, 0.6) is 0 Å². The van der Waals surface area contributed by atoms with Gasteiger partial charge in [0, 0.05) is 0 Å². The third kappa shape index (κ3) is 8.60. The van der Waals surface area contributed by atoms with Gasteiger partial charge in [0.1, 0.15) is 0 Å². The molecule has 1 rings (SSSR count). The summed E-state index contributed by atoms with van der Waals surface area (Å²) in [5, 5.41) is 0. The SMILES string of the molecule is [S]=[Hg]=[S].[c]1ccccc1. The molecular weight excluding hydrogens is 337 g/mol. The molecule has 0 heterocycles. The van der Waals surface area contributed by atoms with Gasteiger partial charge in [0.25, 0.3) is 0 Å². The van der Waals surface area contributed by atoms with Gasteiger partial charge in [-0.1, -0.05) is 30.3 Å². The Morgan fingerprint density at radius 3 is 1.56 bits per heavy atom. The minimum absolute atomic E-state index is 0.917. The van der Waals surface area contributed by atoms with Crippen molar-refractivity contribution < 1.29 is 20.4 Å². The van der Waals surface area contributed by atoms with Gasteiger partial charge in [-0.2, -0.15) is 0 Å². The van der Waals surface area contributed by atoms with Gasteiger partial charge < -0.3 is 0 Å². The van der Waals surface area contributed by atoms with Crippen molar-refractivity contribution >= 4 is 17.2 Å². The number of hydrogen-bond acceptors (Lipinski definition) is 2. The van der Waals surface area contributed by atoms with Crippen molar-refractivity contribution in [1.82, 2.24) is 0 Å². The van der Waals surface area contributed by atoms with Crippen LogP contribution in [0.15, 0.2) is 30.3 Å². The summed E-state index contributed by atoms with van der Waals surface area (Å²) in [5.41, 5.74) is 0. The van der Waals surface area contributed by atoms with Crippen LogP contribution in [0.2, 0.25) is 0 Å². The van der Waals surface area contributed by atoms with E-state index < -0.39 is 20.4 Å². The molecule has 1 radical (unpaired) electrons. The van der Waals surface area contributed by atoms with Crippen LogP contribution in [0.1, 0.15) is 0 Å². The maximum absolute atomic E-state index is 4.43. The van der Waals surface area contributed by atoms with E-state index in [9.17, 15) is 0 Å². The van der Waals surface area contributed by atoms with Crippen molar-refractivity contribution in [3.63, 3.8) is 0 Å². The summed E-state index contributed by atoms with van der Waals surface area (Å²) in [5.74, 6) is 0. The molecule has 3 heteroatoms. The van der Waals surface area contributed by atoms with Gasteiger partial charge >= 0.3 is 37.5 Å². The Morgan fingerprint density at radius 2 is 1.44 bits per heavy atom. The second-order valence-electron chi connectivity index (χ2n) is 1.20. The topological polar surface area (TPSA) is 0 Å². The quantitative estimate of drug-likeness (QED) is 0.666. The summed E-state index contributed by atoms with van der Waals surface area (Å²) in [6.45, 7) is 0. The normalized spacial score (nSPS) is 7.56. The zero-order chi connectivity index (χ0) is 6.95. The Hall–Kier alpha value is 0.595. The van der Waals surface area contributed by atoms with Crippen molar-refractivity contribution in [1.29, 1.82) is 0 Å². The van der Waals surface area contributed by atoms with Crippen LogP contribution in [-0.2, 0) is 20.4 Å². The summed E-state index contributed by atoms with van der Waals surface area (Å²) in [4.78, 5) is 0. The van der Waals surface area contributed by atoms with Crippen molar-refractivity contribution in [3.05, 3.63) is 36.4 Å². The smallest absolute Gasteiger partial charge is 0.0184 e. The number of hydrogen-bond donors (Lipinski definition) is 0. The largest absolute Gasteiger partial charge is 0.0622 e. The van der Waals surface area contributed by atoms with E-state index in [1.165, 1.54) is 0 Å². The van der Waals surface area contributed by atoms with Gasteiger partial charge in [-0.15, -0.1) is 0 Å². The second kappa shape index (κ2) is 8.60.